The molecule has 2 aromatic rings. The van der Waals surface area contributed by atoms with E-state index in [0.717, 1.165) is 48.9 Å². The summed E-state index contributed by atoms with van der Waals surface area (Å²) in [5.74, 6) is 1.28. The molecule has 2 aromatic carbocycles. The quantitative estimate of drug-likeness (QED) is 0.575. The van der Waals surface area contributed by atoms with Crippen LogP contribution in [-0.2, 0) is 11.2 Å². The van der Waals surface area contributed by atoms with Gasteiger partial charge in [-0.3, -0.25) is 9.59 Å². The largest absolute Gasteiger partial charge is 0.399 e. The van der Waals surface area contributed by atoms with Crippen molar-refractivity contribution in [2.45, 2.75) is 44.9 Å². The van der Waals surface area contributed by atoms with Crippen molar-refractivity contribution in [3.8, 4) is 0 Å². The molecule has 0 spiro atoms. The Morgan fingerprint density at radius 3 is 2.80 bits per heavy atom. The van der Waals surface area contributed by atoms with Crippen LogP contribution in [0.4, 0.5) is 5.69 Å². The van der Waals surface area contributed by atoms with E-state index in [1.165, 1.54) is 11.1 Å². The predicted octanol–water partition coefficient (Wildman–Crippen LogP) is 4.49. The molecule has 154 valence electrons. The van der Waals surface area contributed by atoms with Gasteiger partial charge in [0, 0.05) is 16.7 Å². The highest BCUT2D eigenvalue weighted by molar-refractivity contribution is 6.06. The van der Waals surface area contributed by atoms with Gasteiger partial charge in [-0.25, -0.2) is 0 Å². The minimum absolute atomic E-state index is 0.278. The number of rotatable bonds is 2. The second-order valence-corrected chi connectivity index (χ2v) is 9.52. The predicted molar refractivity (Wildman–Crippen MR) is 119 cm³/mol. The number of aryl methyl sites for hydroxylation is 1. The highest BCUT2D eigenvalue weighted by Crippen LogP contribution is 2.60. The monoisotopic (exact) mass is 400 g/mol. The number of benzene rings is 2. The number of ketones is 1. The first-order chi connectivity index (χ1) is 14.4. The number of carbonyl (C=O) groups excluding carboxylic acids is 2. The molecular formula is C26H28N2O2. The molecular weight excluding hydrogens is 372 g/mol. The molecule has 4 N–H and O–H groups in total. The molecule has 2 fully saturated rings. The van der Waals surface area contributed by atoms with E-state index in [9.17, 15) is 9.59 Å². The van der Waals surface area contributed by atoms with Crippen molar-refractivity contribution < 1.29 is 9.59 Å². The van der Waals surface area contributed by atoms with Crippen LogP contribution in [0.15, 0.2) is 48.0 Å². The lowest BCUT2D eigenvalue weighted by atomic mass is 9.55. The van der Waals surface area contributed by atoms with Gasteiger partial charge < -0.3 is 11.5 Å². The van der Waals surface area contributed by atoms with Gasteiger partial charge in [-0.2, -0.15) is 0 Å². The van der Waals surface area contributed by atoms with Crippen molar-refractivity contribution in [3.63, 3.8) is 0 Å². The number of hydrogen-bond acceptors (Lipinski definition) is 3. The molecule has 0 aromatic heterocycles. The maximum Gasteiger partial charge on any atom is 0.248 e. The van der Waals surface area contributed by atoms with E-state index in [2.05, 4.69) is 19.1 Å². The van der Waals surface area contributed by atoms with Crippen LogP contribution in [0.2, 0.25) is 0 Å². The van der Waals surface area contributed by atoms with Gasteiger partial charge in [0.15, 0.2) is 5.78 Å². The van der Waals surface area contributed by atoms with Crippen LogP contribution in [0.1, 0.15) is 65.6 Å². The molecule has 1 amide bonds. The van der Waals surface area contributed by atoms with Crippen LogP contribution in [-0.4, -0.2) is 11.7 Å². The van der Waals surface area contributed by atoms with Gasteiger partial charge in [0.2, 0.25) is 5.91 Å². The zero-order chi connectivity index (χ0) is 21.0. The Labute approximate surface area is 177 Å². The van der Waals surface area contributed by atoms with E-state index in [1.807, 2.05) is 24.3 Å². The molecule has 0 radical (unpaired) electrons. The molecule has 5 rings (SSSR count). The summed E-state index contributed by atoms with van der Waals surface area (Å²) in [5.41, 5.74) is 17.1. The van der Waals surface area contributed by atoms with E-state index in [-0.39, 0.29) is 5.41 Å². The Morgan fingerprint density at radius 2 is 2.00 bits per heavy atom. The second-order valence-electron chi connectivity index (χ2n) is 9.52. The normalized spacial score (nSPS) is 31.2. The summed E-state index contributed by atoms with van der Waals surface area (Å²) in [4.78, 5) is 25.0. The number of primary amides is 1. The summed E-state index contributed by atoms with van der Waals surface area (Å²) >= 11 is 0. The Bertz CT molecular complexity index is 1090. The van der Waals surface area contributed by atoms with Gasteiger partial charge in [-0.05, 0) is 102 Å². The van der Waals surface area contributed by atoms with Crippen LogP contribution in [0, 0.1) is 17.3 Å². The molecule has 3 aliphatic rings. The zero-order valence-electron chi connectivity index (χ0n) is 17.4. The van der Waals surface area contributed by atoms with Gasteiger partial charge in [0.05, 0.1) is 0 Å². The number of nitrogen functional groups attached to an aromatic ring is 1. The molecule has 4 heteroatoms. The third-order valence-corrected chi connectivity index (χ3v) is 7.90. The molecule has 4 nitrogen and oxygen atoms in total. The summed E-state index contributed by atoms with van der Waals surface area (Å²) in [5, 5.41) is 0. The molecule has 0 saturated heterocycles. The van der Waals surface area contributed by atoms with E-state index >= 15 is 0 Å². The van der Waals surface area contributed by atoms with Gasteiger partial charge in [0.1, 0.15) is 0 Å². The van der Waals surface area contributed by atoms with Crippen molar-refractivity contribution in [2.24, 2.45) is 23.0 Å². The lowest BCUT2D eigenvalue weighted by molar-refractivity contribution is -0.127. The van der Waals surface area contributed by atoms with Crippen LogP contribution in [0.25, 0.3) is 6.08 Å². The first-order valence-electron chi connectivity index (χ1n) is 10.9. The van der Waals surface area contributed by atoms with E-state index in [4.69, 9.17) is 11.5 Å². The van der Waals surface area contributed by atoms with Crippen LogP contribution >= 0.6 is 0 Å². The zero-order valence-corrected chi connectivity index (χ0v) is 17.4. The number of hydrogen-bond donors (Lipinski definition) is 2. The first kappa shape index (κ1) is 19.1. The standard InChI is InChI=1S/C26H28N2O2/c1-26-10-9-21-20-8-6-19(27)13-16(20)5-7-22(21)23(26)14-18(24(26)29)12-15-3-2-4-17(11-15)25(28)30/h2-4,6,8,11-13,21-23H,5,7,9-10,14,27H2,1H3,(H2,28,30)/b18-12+/t21-,22-,23+,26+/m1/s1. The van der Waals surface area contributed by atoms with Crippen LogP contribution in [0.3, 0.4) is 0 Å². The van der Waals surface area contributed by atoms with Crippen molar-refractivity contribution in [1.29, 1.82) is 0 Å². The molecule has 0 aliphatic heterocycles. The van der Waals surface area contributed by atoms with Gasteiger partial charge in [0.25, 0.3) is 0 Å². The molecule has 0 heterocycles. The lowest BCUT2D eigenvalue weighted by Gasteiger charge is -2.48. The molecule has 30 heavy (non-hydrogen) atoms. The number of Topliss-reactive ketones (excluding diaryl/α,β-unsaturated/α-hetero) is 1. The molecule has 0 bridgehead atoms. The van der Waals surface area contributed by atoms with E-state index < -0.39 is 5.91 Å². The van der Waals surface area contributed by atoms with E-state index in [1.54, 1.807) is 12.1 Å². The van der Waals surface area contributed by atoms with Gasteiger partial charge in [-0.1, -0.05) is 25.1 Å². The number of allylic oxidation sites excluding steroid dienone is 1. The summed E-state index contributed by atoms with van der Waals surface area (Å²) in [6.07, 6.45) is 6.96. The third-order valence-electron chi connectivity index (χ3n) is 7.90. The number of carbonyl (C=O) groups is 2. The van der Waals surface area contributed by atoms with Crippen molar-refractivity contribution >= 4 is 23.5 Å². The van der Waals surface area contributed by atoms with Gasteiger partial charge in [-0.15, -0.1) is 0 Å². The van der Waals surface area contributed by atoms with Gasteiger partial charge >= 0.3 is 0 Å². The topological polar surface area (TPSA) is 86.2 Å². The summed E-state index contributed by atoms with van der Waals surface area (Å²) in [6, 6.07) is 13.6. The highest BCUT2D eigenvalue weighted by atomic mass is 16.1. The summed E-state index contributed by atoms with van der Waals surface area (Å²) in [6.45, 7) is 2.18. The van der Waals surface area contributed by atoms with E-state index in [0.29, 0.717) is 29.1 Å². The maximum atomic E-state index is 13.5. The Morgan fingerprint density at radius 1 is 1.17 bits per heavy atom. The number of fused-ring (bicyclic) bond motifs is 5. The molecule has 3 aliphatic carbocycles. The number of anilines is 1. The second kappa shape index (κ2) is 6.83. The fourth-order valence-corrected chi connectivity index (χ4v) is 6.38. The van der Waals surface area contributed by atoms with Crippen molar-refractivity contribution in [3.05, 3.63) is 70.3 Å². The average Bonchev–Trinajstić information content (AvgIpc) is 2.98. The fraction of sp³-hybridized carbons (Fsp3) is 0.385. The molecule has 2 saturated carbocycles. The number of amides is 1. The minimum atomic E-state index is -0.446. The first-order valence-corrected chi connectivity index (χ1v) is 10.9. The Balaban J connectivity index is 1.48. The van der Waals surface area contributed by atoms with Crippen molar-refractivity contribution in [1.82, 2.24) is 0 Å². The molecule has 0 unspecified atom stereocenters. The lowest BCUT2D eigenvalue weighted by Crippen LogP contribution is -2.42. The smallest absolute Gasteiger partial charge is 0.248 e. The minimum Gasteiger partial charge on any atom is -0.399 e. The molecule has 4 atom stereocenters. The number of nitrogens with two attached hydrogens (primary N) is 2. The fourth-order valence-electron chi connectivity index (χ4n) is 6.38. The summed E-state index contributed by atoms with van der Waals surface area (Å²) < 4.78 is 0. The van der Waals surface area contributed by atoms with Crippen molar-refractivity contribution in [2.75, 3.05) is 5.73 Å². The summed E-state index contributed by atoms with van der Waals surface area (Å²) in [7, 11) is 0. The third kappa shape index (κ3) is 2.89. The van der Waals surface area contributed by atoms with Crippen LogP contribution < -0.4 is 11.5 Å². The Hall–Kier alpha value is -2.88. The highest BCUT2D eigenvalue weighted by Gasteiger charge is 2.56. The Kier molecular flexibility index (Phi) is 4.35. The SMILES string of the molecule is C[C@]12CC[C@@H]3c4ccc(N)cc4CC[C@H]3[C@@H]1C/C(=C\c1cccc(C(N)=O)c1)C2=O. The maximum absolute atomic E-state index is 13.5. The average molecular weight is 401 g/mol. The van der Waals surface area contributed by atoms with Crippen LogP contribution in [0.5, 0.6) is 0 Å².